The summed E-state index contributed by atoms with van der Waals surface area (Å²) in [6.45, 7) is 0. The van der Waals surface area contributed by atoms with E-state index in [4.69, 9.17) is 21.4 Å². The van der Waals surface area contributed by atoms with E-state index in [9.17, 15) is 9.18 Å². The summed E-state index contributed by atoms with van der Waals surface area (Å²) < 4.78 is 19.0. The van der Waals surface area contributed by atoms with Crippen LogP contribution in [0.25, 0.3) is 0 Å². The van der Waals surface area contributed by atoms with Gasteiger partial charge in [-0.1, -0.05) is 11.6 Å². The van der Waals surface area contributed by atoms with Crippen LogP contribution in [0.3, 0.4) is 0 Å². The first-order valence-electron chi connectivity index (χ1n) is 5.13. The Morgan fingerprint density at radius 1 is 1.26 bits per heavy atom. The molecular weight excluding hydrogens is 338 g/mol. The van der Waals surface area contributed by atoms with E-state index in [0.717, 1.165) is 0 Å². The minimum atomic E-state index is -1.03. The maximum absolute atomic E-state index is 13.0. The number of hydrogen-bond donors (Lipinski definition) is 1. The molecule has 0 saturated carbocycles. The van der Waals surface area contributed by atoms with Crippen LogP contribution in [0.15, 0.2) is 40.9 Å². The van der Waals surface area contributed by atoms with Gasteiger partial charge in [0.25, 0.3) is 0 Å². The maximum Gasteiger partial charge on any atom is 0.335 e. The maximum atomic E-state index is 13.0. The molecule has 0 fully saturated rings. The molecule has 0 saturated heterocycles. The van der Waals surface area contributed by atoms with Crippen molar-refractivity contribution in [3.8, 4) is 11.5 Å². The Balaban J connectivity index is 2.28. The van der Waals surface area contributed by atoms with Gasteiger partial charge in [0.2, 0.25) is 0 Å². The number of carboxylic acids is 1. The highest BCUT2D eigenvalue weighted by Gasteiger charge is 2.09. The summed E-state index contributed by atoms with van der Waals surface area (Å²) in [7, 11) is 0. The topological polar surface area (TPSA) is 46.5 Å². The highest BCUT2D eigenvalue weighted by atomic mass is 79.9. The Labute approximate surface area is 121 Å². The van der Waals surface area contributed by atoms with E-state index in [1.54, 1.807) is 0 Å². The average molecular weight is 346 g/mol. The lowest BCUT2D eigenvalue weighted by molar-refractivity contribution is 0.0697. The van der Waals surface area contributed by atoms with E-state index >= 15 is 0 Å². The van der Waals surface area contributed by atoms with Gasteiger partial charge in [-0.25, -0.2) is 9.18 Å². The molecule has 3 nitrogen and oxygen atoms in total. The lowest BCUT2D eigenvalue weighted by atomic mass is 10.2. The number of carbonyl (C=O) groups is 1. The van der Waals surface area contributed by atoms with Gasteiger partial charge in [0.1, 0.15) is 17.3 Å². The second kappa shape index (κ2) is 5.59. The zero-order valence-electron chi connectivity index (χ0n) is 9.36. The summed E-state index contributed by atoms with van der Waals surface area (Å²) >= 11 is 8.85. The average Bonchev–Trinajstić information content (AvgIpc) is 2.36. The minimum Gasteiger partial charge on any atom is -0.478 e. The molecule has 2 aromatic rings. The monoisotopic (exact) mass is 344 g/mol. The lowest BCUT2D eigenvalue weighted by Crippen LogP contribution is -1.96. The molecule has 98 valence electrons. The molecule has 0 aliphatic rings. The third-order valence-corrected chi connectivity index (χ3v) is 3.21. The van der Waals surface area contributed by atoms with Crippen LogP contribution < -0.4 is 4.74 Å². The fraction of sp³-hybridized carbons (Fsp3) is 0. The molecule has 0 aliphatic heterocycles. The van der Waals surface area contributed by atoms with E-state index < -0.39 is 11.8 Å². The van der Waals surface area contributed by atoms with Crippen LogP contribution in [0, 0.1) is 5.82 Å². The Kier molecular flexibility index (Phi) is 4.07. The lowest BCUT2D eigenvalue weighted by Gasteiger charge is -2.08. The second-order valence-corrected chi connectivity index (χ2v) is 4.89. The Morgan fingerprint density at radius 3 is 2.58 bits per heavy atom. The first-order chi connectivity index (χ1) is 8.97. The largest absolute Gasteiger partial charge is 0.478 e. The molecular formula is C13H7BrClFO3. The summed E-state index contributed by atoms with van der Waals surface area (Å²) in [6, 6.07) is 8.30. The normalized spacial score (nSPS) is 10.3. The van der Waals surface area contributed by atoms with Gasteiger partial charge >= 0.3 is 5.97 Å². The third kappa shape index (κ3) is 3.24. The van der Waals surface area contributed by atoms with E-state index in [0.29, 0.717) is 16.0 Å². The van der Waals surface area contributed by atoms with Gasteiger partial charge in [-0.2, -0.15) is 0 Å². The molecule has 0 aliphatic carbocycles. The highest BCUT2D eigenvalue weighted by Crippen LogP contribution is 2.32. The number of benzene rings is 2. The quantitative estimate of drug-likeness (QED) is 0.874. The van der Waals surface area contributed by atoms with E-state index in [2.05, 4.69) is 15.9 Å². The van der Waals surface area contributed by atoms with Crippen LogP contribution in [0.5, 0.6) is 11.5 Å². The van der Waals surface area contributed by atoms with E-state index in [1.807, 2.05) is 0 Å². The van der Waals surface area contributed by atoms with Crippen molar-refractivity contribution in [2.24, 2.45) is 0 Å². The predicted molar refractivity (Wildman–Crippen MR) is 72.6 cm³/mol. The molecule has 1 N–H and O–H groups in total. The molecule has 0 atom stereocenters. The van der Waals surface area contributed by atoms with Crippen LogP contribution in [0.1, 0.15) is 10.4 Å². The number of halogens is 3. The van der Waals surface area contributed by atoms with Crippen molar-refractivity contribution in [2.45, 2.75) is 0 Å². The standard InChI is InChI=1S/C13H7BrClFO3/c14-9-5-7(13(17)18)1-4-12(9)19-8-2-3-11(16)10(15)6-8/h1-6H,(H,17,18). The molecule has 0 unspecified atom stereocenters. The summed E-state index contributed by atoms with van der Waals surface area (Å²) in [5.41, 5.74) is 0.136. The first-order valence-corrected chi connectivity index (χ1v) is 6.30. The van der Waals surface area contributed by atoms with Crippen molar-refractivity contribution < 1.29 is 19.0 Å². The van der Waals surface area contributed by atoms with Crippen molar-refractivity contribution in [3.63, 3.8) is 0 Å². The zero-order valence-corrected chi connectivity index (χ0v) is 11.7. The number of ether oxygens (including phenoxy) is 1. The van der Waals surface area contributed by atoms with Crippen molar-refractivity contribution in [1.82, 2.24) is 0 Å². The fourth-order valence-corrected chi connectivity index (χ4v) is 2.01. The third-order valence-electron chi connectivity index (χ3n) is 2.30. The molecule has 2 aromatic carbocycles. The van der Waals surface area contributed by atoms with Crippen molar-refractivity contribution in [1.29, 1.82) is 0 Å². The fourth-order valence-electron chi connectivity index (χ4n) is 1.38. The van der Waals surface area contributed by atoms with E-state index in [1.165, 1.54) is 36.4 Å². The van der Waals surface area contributed by atoms with Gasteiger partial charge in [0.15, 0.2) is 0 Å². The number of hydrogen-bond acceptors (Lipinski definition) is 2. The Bertz CT molecular complexity index is 646. The molecule has 0 spiro atoms. The van der Waals surface area contributed by atoms with Gasteiger partial charge in [-0.3, -0.25) is 0 Å². The predicted octanol–water partition coefficient (Wildman–Crippen LogP) is 4.73. The van der Waals surface area contributed by atoms with Crippen molar-refractivity contribution in [3.05, 3.63) is 57.3 Å². The van der Waals surface area contributed by atoms with Crippen molar-refractivity contribution >= 4 is 33.5 Å². The van der Waals surface area contributed by atoms with Crippen LogP contribution in [-0.2, 0) is 0 Å². The highest BCUT2D eigenvalue weighted by molar-refractivity contribution is 9.10. The molecule has 0 amide bonds. The van der Waals surface area contributed by atoms with Crippen LogP contribution in [-0.4, -0.2) is 11.1 Å². The summed E-state index contributed by atoms with van der Waals surface area (Å²) in [6.07, 6.45) is 0. The number of carboxylic acid groups (broad SMARTS) is 1. The zero-order chi connectivity index (χ0) is 14.0. The minimum absolute atomic E-state index is 0.0456. The SMILES string of the molecule is O=C(O)c1ccc(Oc2ccc(F)c(Cl)c2)c(Br)c1. The van der Waals surface area contributed by atoms with Crippen LogP contribution >= 0.6 is 27.5 Å². The van der Waals surface area contributed by atoms with Gasteiger partial charge in [0, 0.05) is 6.07 Å². The van der Waals surface area contributed by atoms with E-state index in [-0.39, 0.29) is 10.6 Å². The van der Waals surface area contributed by atoms with Crippen LogP contribution in [0.4, 0.5) is 4.39 Å². The first kappa shape index (κ1) is 13.8. The summed E-state index contributed by atoms with van der Waals surface area (Å²) in [5, 5.41) is 8.79. The molecule has 0 radical (unpaired) electrons. The van der Waals surface area contributed by atoms with Gasteiger partial charge in [-0.15, -0.1) is 0 Å². The van der Waals surface area contributed by atoms with Gasteiger partial charge in [0.05, 0.1) is 15.1 Å². The second-order valence-electron chi connectivity index (χ2n) is 3.63. The van der Waals surface area contributed by atoms with Crippen molar-refractivity contribution in [2.75, 3.05) is 0 Å². The summed E-state index contributed by atoms with van der Waals surface area (Å²) in [5.74, 6) is -0.797. The molecule has 0 bridgehead atoms. The molecule has 6 heteroatoms. The molecule has 19 heavy (non-hydrogen) atoms. The molecule has 2 rings (SSSR count). The Morgan fingerprint density at radius 2 is 2.00 bits per heavy atom. The smallest absolute Gasteiger partial charge is 0.335 e. The summed E-state index contributed by atoms with van der Waals surface area (Å²) in [4.78, 5) is 10.8. The molecule has 0 heterocycles. The van der Waals surface area contributed by atoms with Crippen LogP contribution in [0.2, 0.25) is 5.02 Å². The van der Waals surface area contributed by atoms with Gasteiger partial charge in [-0.05, 0) is 46.3 Å². The Hall–Kier alpha value is -1.59. The number of rotatable bonds is 3. The van der Waals surface area contributed by atoms with Gasteiger partial charge < -0.3 is 9.84 Å². The number of aromatic carboxylic acids is 1. The molecule has 0 aromatic heterocycles.